The maximum Gasteiger partial charge on any atom is 0.407 e. The summed E-state index contributed by atoms with van der Waals surface area (Å²) in [6.07, 6.45) is -6.08. The number of amides is 1. The van der Waals surface area contributed by atoms with Crippen molar-refractivity contribution in [3.63, 3.8) is 0 Å². The van der Waals surface area contributed by atoms with Gasteiger partial charge in [0.25, 0.3) is 0 Å². The third-order valence-corrected chi connectivity index (χ3v) is 17.3. The fourth-order valence-corrected chi connectivity index (χ4v) is 12.3. The van der Waals surface area contributed by atoms with Crippen molar-refractivity contribution >= 4 is 34.6 Å². The summed E-state index contributed by atoms with van der Waals surface area (Å²) in [5, 5.41) is 64.1. The van der Waals surface area contributed by atoms with Gasteiger partial charge in [-0.25, -0.2) is 9.59 Å². The van der Waals surface area contributed by atoms with E-state index in [4.69, 9.17) is 42.6 Å². The Hall–Kier alpha value is -4.08. The number of carboxylic acid groups (broad SMARTS) is 1. The Bertz CT molecular complexity index is 2480. The minimum Gasteiger partial charge on any atom is -0.477 e. The number of nitrogens with one attached hydrogen (secondary N) is 2. The second-order valence-electron chi connectivity index (χ2n) is 24.5. The average molecular weight is 1160 g/mol. The van der Waals surface area contributed by atoms with E-state index in [0.29, 0.717) is 68.9 Å². The topological polar surface area (TPSA) is 288 Å². The van der Waals surface area contributed by atoms with Crippen LogP contribution < -0.4 is 16.1 Å². The van der Waals surface area contributed by atoms with Crippen LogP contribution in [0.25, 0.3) is 10.9 Å². The number of hydrogen-bond donors (Lipinski definition) is 7. The van der Waals surface area contributed by atoms with Crippen molar-refractivity contribution < 1.29 is 82.5 Å². The highest BCUT2D eigenvalue weighted by Gasteiger charge is 2.54. The third kappa shape index (κ3) is 16.5. The number of benzene rings is 1. The Labute approximate surface area is 483 Å². The lowest BCUT2D eigenvalue weighted by Crippen LogP contribution is -2.61. The molecule has 23 nitrogen and oxygen atoms in total. The lowest BCUT2D eigenvalue weighted by Gasteiger charge is -2.49. The number of ether oxygens (including phenoxy) is 9. The Morgan fingerprint density at radius 2 is 1.59 bits per heavy atom. The van der Waals surface area contributed by atoms with Crippen molar-refractivity contribution in [1.82, 2.24) is 19.7 Å². The summed E-state index contributed by atoms with van der Waals surface area (Å²) < 4.78 is 58.0. The second kappa shape index (κ2) is 28.9. The molecule has 6 rings (SSSR count). The number of aromatic nitrogens is 1. The maximum atomic E-state index is 14.6. The van der Waals surface area contributed by atoms with Crippen LogP contribution in [-0.4, -0.2) is 223 Å². The molecule has 1 aromatic carbocycles. The first-order chi connectivity index (χ1) is 38.5. The molecule has 0 bridgehead atoms. The summed E-state index contributed by atoms with van der Waals surface area (Å²) in [5.74, 6) is -4.13. The number of cyclic esters (lactones) is 1. The smallest absolute Gasteiger partial charge is 0.407 e. The van der Waals surface area contributed by atoms with Crippen LogP contribution in [0, 0.1) is 17.8 Å². The van der Waals surface area contributed by atoms with Crippen molar-refractivity contribution in [2.75, 3.05) is 79.6 Å². The van der Waals surface area contributed by atoms with E-state index in [1.54, 1.807) is 54.5 Å². The number of fused-ring (bicyclic) bond motifs is 1. The number of carboxylic acids is 1. The lowest BCUT2D eigenvalue weighted by molar-refractivity contribution is -0.317. The number of rotatable bonds is 21. The molecular formula is C59H97N5O18. The van der Waals surface area contributed by atoms with E-state index in [0.717, 1.165) is 12.8 Å². The molecule has 3 saturated heterocycles. The predicted octanol–water partition coefficient (Wildman–Crippen LogP) is 4.52. The minimum atomic E-state index is -1.87. The Morgan fingerprint density at radius 1 is 0.902 bits per heavy atom. The second-order valence-corrected chi connectivity index (χ2v) is 24.5. The first-order valence-electron chi connectivity index (χ1n) is 29.4. The molecule has 1 aliphatic carbocycles. The molecule has 3 aliphatic heterocycles. The number of hydrogen-bond acceptors (Lipinski definition) is 20. The monoisotopic (exact) mass is 1160 g/mol. The normalized spacial score (nSPS) is 36.5. The zero-order chi connectivity index (χ0) is 60.6. The molecule has 7 N–H and O–H groups in total. The van der Waals surface area contributed by atoms with Gasteiger partial charge in [0.05, 0.1) is 61.3 Å². The van der Waals surface area contributed by atoms with Crippen LogP contribution in [0.2, 0.25) is 0 Å². The Balaban J connectivity index is 1.06. The van der Waals surface area contributed by atoms with Crippen molar-refractivity contribution in [3.8, 4) is 0 Å². The van der Waals surface area contributed by atoms with Crippen LogP contribution in [0.15, 0.2) is 29.2 Å². The number of aliphatic hydroxyl groups is 4. The van der Waals surface area contributed by atoms with Gasteiger partial charge in [-0.1, -0.05) is 20.8 Å². The number of nitrogens with zero attached hydrogens (tertiary/aromatic N) is 3. The first kappa shape index (κ1) is 67.1. The van der Waals surface area contributed by atoms with Gasteiger partial charge in [-0.3, -0.25) is 9.59 Å². The number of methoxy groups -OCH3 is 1. The zero-order valence-corrected chi connectivity index (χ0v) is 50.8. The van der Waals surface area contributed by atoms with Gasteiger partial charge in [-0.2, -0.15) is 0 Å². The highest BCUT2D eigenvalue weighted by Crippen LogP contribution is 2.42. The molecule has 466 valence electrons. The summed E-state index contributed by atoms with van der Waals surface area (Å²) in [6, 6.07) is 4.66. The van der Waals surface area contributed by atoms with E-state index in [9.17, 15) is 44.7 Å². The molecule has 4 aliphatic rings. The highest BCUT2D eigenvalue weighted by atomic mass is 16.7. The molecule has 4 fully saturated rings. The standard InChI is InChI=1S/C59H97N5O18/c1-15-45-59(10,73)50(67)37(6)63(13)31-33(2)29-57(8,72)51(81-55-48(66)44(62(11)12)27-34(3)77-55)35(4)49(36(5)54(70)79-45)80-46-30-58(9,74-14)52(38(7)78-46)82-56(71)61-21-16-23-75-25-26-76-24-22-60-39-17-20-43-41(28-39)47(65)42(53(68)69)32-64(43)40-18-19-40/h17,20,28,32-38,40,44-46,48-52,55,60,66-67,72-73H,15-16,18-19,21-27,29-31H2,1-14H3,(H,61,71)(H,68,69)/t33-,34-,35+,36-,37-,38+,44?,45-,46+,48-,49+,50-,51-,52+,55+,57-,58-,59-/m1/s1. The largest absolute Gasteiger partial charge is 0.477 e. The summed E-state index contributed by atoms with van der Waals surface area (Å²) >= 11 is 0. The molecule has 1 unspecified atom stereocenters. The number of esters is 1. The molecule has 1 saturated carbocycles. The lowest BCUT2D eigenvalue weighted by atomic mass is 9.77. The van der Waals surface area contributed by atoms with E-state index in [-0.39, 0.29) is 55.5 Å². The molecule has 0 radical (unpaired) electrons. The maximum absolute atomic E-state index is 14.6. The summed E-state index contributed by atoms with van der Waals surface area (Å²) in [4.78, 5) is 56.5. The van der Waals surface area contributed by atoms with Crippen molar-refractivity contribution in [1.29, 1.82) is 0 Å². The third-order valence-electron chi connectivity index (χ3n) is 17.3. The van der Waals surface area contributed by atoms with Crippen LogP contribution in [-0.2, 0) is 47.4 Å². The Kier molecular flexibility index (Phi) is 23.6. The molecule has 82 heavy (non-hydrogen) atoms. The van der Waals surface area contributed by atoms with E-state index >= 15 is 0 Å². The van der Waals surface area contributed by atoms with Gasteiger partial charge in [0.1, 0.15) is 35.1 Å². The quantitative estimate of drug-likeness (QED) is 0.0668. The number of carbonyl (C=O) groups excluding carboxylic acids is 2. The summed E-state index contributed by atoms with van der Waals surface area (Å²) in [5.41, 5.74) is -4.05. The molecule has 0 spiro atoms. The number of likely N-dealkylation sites (N-methyl/N-ethyl adjacent to an activating group) is 2. The van der Waals surface area contributed by atoms with E-state index < -0.39 is 113 Å². The molecule has 23 heteroatoms. The van der Waals surface area contributed by atoms with E-state index in [1.165, 1.54) is 20.2 Å². The van der Waals surface area contributed by atoms with Crippen LogP contribution in [0.4, 0.5) is 10.5 Å². The fraction of sp³-hybridized carbons (Fsp3) is 0.797. The van der Waals surface area contributed by atoms with E-state index in [1.807, 2.05) is 61.5 Å². The van der Waals surface area contributed by atoms with Crippen molar-refractivity contribution in [2.24, 2.45) is 17.8 Å². The minimum absolute atomic E-state index is 0.0261. The zero-order valence-electron chi connectivity index (χ0n) is 50.8. The van der Waals surface area contributed by atoms with Gasteiger partial charge in [0.2, 0.25) is 5.43 Å². The molecule has 18 atom stereocenters. The summed E-state index contributed by atoms with van der Waals surface area (Å²) in [6.45, 7) is 19.9. The Morgan fingerprint density at radius 3 is 2.22 bits per heavy atom. The van der Waals surface area contributed by atoms with Gasteiger partial charge >= 0.3 is 18.0 Å². The molecule has 1 aromatic heterocycles. The van der Waals surface area contributed by atoms with E-state index in [2.05, 4.69) is 10.6 Å². The number of alkyl carbamates (subject to hydrolysis) is 1. The summed E-state index contributed by atoms with van der Waals surface area (Å²) in [7, 11) is 7.06. The van der Waals surface area contributed by atoms with Crippen LogP contribution in [0.3, 0.4) is 0 Å². The van der Waals surface area contributed by atoms with Gasteiger partial charge in [-0.15, -0.1) is 0 Å². The SMILES string of the molecule is CC[C@H]1OC(=O)[C@H](C)[C@@H](O[C@H]2C[C@@](C)(OC)[C@@H](OC(=O)NCCCOCCOCCNc3ccc4c(c3)c(=O)c(C(=O)O)cn4C3CC3)[C@H](C)O2)[C@H](C)[C@@H](O[C@@H]2O[C@H](C)CC(N(C)C)[C@H]2O)[C@](C)(O)C[C@@H](C)CN(C)[C@H](C)[C@@H](O)[C@]1(C)O. The number of aliphatic hydroxyl groups excluding tert-OH is 2. The van der Waals surface area contributed by atoms with Crippen LogP contribution >= 0.6 is 0 Å². The number of aromatic carboxylic acids is 1. The average Bonchev–Trinajstić information content (AvgIpc) is 4.35. The highest BCUT2D eigenvalue weighted by molar-refractivity contribution is 5.93. The molecule has 2 aromatic rings. The van der Waals surface area contributed by atoms with Gasteiger partial charge < -0.3 is 93.2 Å². The van der Waals surface area contributed by atoms with Crippen LogP contribution in [0.1, 0.15) is 131 Å². The molecule has 4 heterocycles. The predicted molar refractivity (Wildman–Crippen MR) is 305 cm³/mol. The van der Waals surface area contributed by atoms with Gasteiger partial charge in [-0.05, 0) is 132 Å². The number of pyridine rings is 1. The van der Waals surface area contributed by atoms with Gasteiger partial charge in [0.15, 0.2) is 18.7 Å². The van der Waals surface area contributed by atoms with Crippen molar-refractivity contribution in [2.45, 2.75) is 211 Å². The van der Waals surface area contributed by atoms with Crippen molar-refractivity contribution in [3.05, 3.63) is 40.2 Å². The fourth-order valence-electron chi connectivity index (χ4n) is 12.3. The number of anilines is 1. The number of carbonyl (C=O) groups is 3. The molecule has 1 amide bonds. The molecular weight excluding hydrogens is 1070 g/mol. The van der Waals surface area contributed by atoms with Gasteiger partial charge in [0, 0.05) is 81.1 Å². The first-order valence-corrected chi connectivity index (χ1v) is 29.4. The van der Waals surface area contributed by atoms with Crippen LogP contribution in [0.5, 0.6) is 0 Å².